The second-order valence-electron chi connectivity index (χ2n) is 5.83. The Labute approximate surface area is 121 Å². The van der Waals surface area contributed by atoms with E-state index >= 15 is 0 Å². The van der Waals surface area contributed by atoms with Crippen molar-refractivity contribution in [2.45, 2.75) is 58.1 Å². The maximum atomic E-state index is 12.1. The number of benzene rings is 1. The lowest BCUT2D eigenvalue weighted by Gasteiger charge is -2.22. The predicted octanol–water partition coefficient (Wildman–Crippen LogP) is 3.58. The summed E-state index contributed by atoms with van der Waals surface area (Å²) in [6.45, 7) is 4.43. The molecule has 1 aromatic carbocycles. The zero-order chi connectivity index (χ0) is 14.4. The van der Waals surface area contributed by atoms with Crippen molar-refractivity contribution in [2.75, 3.05) is 6.54 Å². The number of carbonyl (C=O) groups is 1. The Morgan fingerprint density at radius 1 is 1.20 bits per heavy atom. The van der Waals surface area contributed by atoms with Gasteiger partial charge in [-0.05, 0) is 51.0 Å². The van der Waals surface area contributed by atoms with Crippen LogP contribution in [0.3, 0.4) is 0 Å². The molecule has 0 unspecified atom stereocenters. The van der Waals surface area contributed by atoms with Gasteiger partial charge >= 0.3 is 0 Å². The highest BCUT2D eigenvalue weighted by atomic mass is 16.5. The fraction of sp³-hybridized carbons (Fsp3) is 0.588. The summed E-state index contributed by atoms with van der Waals surface area (Å²) in [7, 11) is 0. The molecule has 1 fully saturated rings. The Morgan fingerprint density at radius 3 is 2.45 bits per heavy atom. The molecule has 2 rings (SSSR count). The van der Waals surface area contributed by atoms with Crippen molar-refractivity contribution < 1.29 is 9.53 Å². The fourth-order valence-electron chi connectivity index (χ4n) is 2.64. The van der Waals surface area contributed by atoms with Crippen LogP contribution in [-0.4, -0.2) is 24.5 Å². The Bertz CT molecular complexity index is 419. The SMILES string of the molecule is CC(C)Oc1ccc(C(=O)CNC2CCCCC2)cc1. The number of hydrogen-bond acceptors (Lipinski definition) is 3. The van der Waals surface area contributed by atoms with Crippen LogP contribution in [0.1, 0.15) is 56.3 Å². The molecule has 1 saturated carbocycles. The quantitative estimate of drug-likeness (QED) is 0.806. The average Bonchev–Trinajstić information content (AvgIpc) is 2.46. The summed E-state index contributed by atoms with van der Waals surface area (Å²) in [5.74, 6) is 0.975. The predicted molar refractivity (Wildman–Crippen MR) is 81.4 cm³/mol. The zero-order valence-corrected chi connectivity index (χ0v) is 12.5. The molecule has 0 radical (unpaired) electrons. The first-order valence-electron chi connectivity index (χ1n) is 7.68. The summed E-state index contributed by atoms with van der Waals surface area (Å²) in [5, 5.41) is 3.39. The number of carbonyl (C=O) groups excluding carboxylic acids is 1. The first kappa shape index (κ1) is 15.0. The molecule has 20 heavy (non-hydrogen) atoms. The van der Waals surface area contributed by atoms with Crippen molar-refractivity contribution in [1.29, 1.82) is 0 Å². The molecule has 1 aliphatic rings. The van der Waals surface area contributed by atoms with Crippen molar-refractivity contribution in [1.82, 2.24) is 5.32 Å². The van der Waals surface area contributed by atoms with E-state index in [0.717, 1.165) is 11.3 Å². The van der Waals surface area contributed by atoms with Crippen molar-refractivity contribution >= 4 is 5.78 Å². The summed E-state index contributed by atoms with van der Waals surface area (Å²) in [4.78, 5) is 12.1. The molecule has 0 heterocycles. The van der Waals surface area contributed by atoms with Crippen molar-refractivity contribution in [3.05, 3.63) is 29.8 Å². The van der Waals surface area contributed by atoms with E-state index in [2.05, 4.69) is 5.32 Å². The Balaban J connectivity index is 1.82. The number of ketones is 1. The van der Waals surface area contributed by atoms with Crippen molar-refractivity contribution in [2.24, 2.45) is 0 Å². The molecule has 0 aliphatic heterocycles. The molecular weight excluding hydrogens is 250 g/mol. The van der Waals surface area contributed by atoms with Crippen LogP contribution >= 0.6 is 0 Å². The normalized spacial score (nSPS) is 16.4. The number of nitrogens with one attached hydrogen (secondary N) is 1. The average molecular weight is 275 g/mol. The maximum Gasteiger partial charge on any atom is 0.176 e. The third kappa shape index (κ3) is 4.64. The minimum atomic E-state index is 0.157. The highest BCUT2D eigenvalue weighted by Crippen LogP contribution is 2.18. The van der Waals surface area contributed by atoms with E-state index in [-0.39, 0.29) is 11.9 Å². The van der Waals surface area contributed by atoms with E-state index in [0.29, 0.717) is 12.6 Å². The van der Waals surface area contributed by atoms with Crippen molar-refractivity contribution in [3.8, 4) is 5.75 Å². The molecule has 0 bridgehead atoms. The van der Waals surface area contributed by atoms with E-state index in [1.165, 1.54) is 32.1 Å². The van der Waals surface area contributed by atoms with Crippen molar-refractivity contribution in [3.63, 3.8) is 0 Å². The summed E-state index contributed by atoms with van der Waals surface area (Å²) in [6.07, 6.45) is 6.47. The van der Waals surface area contributed by atoms with Crippen LogP contribution in [0, 0.1) is 0 Å². The fourth-order valence-corrected chi connectivity index (χ4v) is 2.64. The third-order valence-electron chi connectivity index (χ3n) is 3.70. The van der Waals surface area contributed by atoms with Gasteiger partial charge in [0.25, 0.3) is 0 Å². The Hall–Kier alpha value is -1.35. The minimum Gasteiger partial charge on any atom is -0.491 e. The van der Waals surface area contributed by atoms with Crippen LogP contribution < -0.4 is 10.1 Å². The largest absolute Gasteiger partial charge is 0.491 e. The lowest BCUT2D eigenvalue weighted by atomic mass is 9.95. The van der Waals surface area contributed by atoms with Crippen LogP contribution in [-0.2, 0) is 0 Å². The van der Waals surface area contributed by atoms with Gasteiger partial charge in [-0.2, -0.15) is 0 Å². The molecule has 3 heteroatoms. The lowest BCUT2D eigenvalue weighted by Crippen LogP contribution is -2.35. The number of Topliss-reactive ketones (excluding diaryl/α,β-unsaturated/α-hetero) is 1. The Morgan fingerprint density at radius 2 is 1.85 bits per heavy atom. The summed E-state index contributed by atoms with van der Waals surface area (Å²) in [6, 6.07) is 7.96. The highest BCUT2D eigenvalue weighted by Gasteiger charge is 2.14. The Kier molecular flexibility index (Phi) is 5.60. The van der Waals surface area contributed by atoms with Gasteiger partial charge in [-0.3, -0.25) is 4.79 Å². The van der Waals surface area contributed by atoms with E-state index in [1.807, 2.05) is 38.1 Å². The number of rotatable bonds is 6. The molecule has 3 nitrogen and oxygen atoms in total. The van der Waals surface area contributed by atoms with Gasteiger partial charge in [0.15, 0.2) is 5.78 Å². The summed E-state index contributed by atoms with van der Waals surface area (Å²) < 4.78 is 5.58. The summed E-state index contributed by atoms with van der Waals surface area (Å²) >= 11 is 0. The second kappa shape index (κ2) is 7.44. The monoisotopic (exact) mass is 275 g/mol. The smallest absolute Gasteiger partial charge is 0.176 e. The number of hydrogen-bond donors (Lipinski definition) is 1. The van der Waals surface area contributed by atoms with E-state index in [9.17, 15) is 4.79 Å². The standard InChI is InChI=1S/C17H25NO2/c1-13(2)20-16-10-8-14(9-11-16)17(19)12-18-15-6-4-3-5-7-15/h8-11,13,15,18H,3-7,12H2,1-2H3. The van der Waals surface area contributed by atoms with Gasteiger partial charge in [0, 0.05) is 11.6 Å². The molecule has 1 aromatic rings. The molecule has 0 atom stereocenters. The van der Waals surface area contributed by atoms with E-state index < -0.39 is 0 Å². The van der Waals surface area contributed by atoms with Gasteiger partial charge in [0.05, 0.1) is 12.6 Å². The zero-order valence-electron chi connectivity index (χ0n) is 12.5. The summed E-state index contributed by atoms with van der Waals surface area (Å²) in [5.41, 5.74) is 0.754. The molecular formula is C17H25NO2. The van der Waals surface area contributed by atoms with Gasteiger partial charge in [0.2, 0.25) is 0 Å². The molecule has 1 N–H and O–H groups in total. The van der Waals surface area contributed by atoms with Crippen LogP contribution in [0.4, 0.5) is 0 Å². The van der Waals surface area contributed by atoms with Gasteiger partial charge in [-0.15, -0.1) is 0 Å². The molecule has 0 amide bonds. The maximum absolute atomic E-state index is 12.1. The van der Waals surface area contributed by atoms with Gasteiger partial charge in [0.1, 0.15) is 5.75 Å². The molecule has 0 aromatic heterocycles. The van der Waals surface area contributed by atoms with E-state index in [1.54, 1.807) is 0 Å². The van der Waals surface area contributed by atoms with E-state index in [4.69, 9.17) is 4.74 Å². The molecule has 0 spiro atoms. The minimum absolute atomic E-state index is 0.157. The van der Waals surface area contributed by atoms with Crippen LogP contribution in [0.25, 0.3) is 0 Å². The highest BCUT2D eigenvalue weighted by molar-refractivity contribution is 5.97. The van der Waals surface area contributed by atoms with Crippen LogP contribution in [0.2, 0.25) is 0 Å². The van der Waals surface area contributed by atoms with Crippen LogP contribution in [0.5, 0.6) is 5.75 Å². The number of ether oxygens (including phenoxy) is 1. The lowest BCUT2D eigenvalue weighted by molar-refractivity contribution is 0.0984. The second-order valence-corrected chi connectivity index (χ2v) is 5.83. The molecule has 0 saturated heterocycles. The van der Waals surface area contributed by atoms with Gasteiger partial charge < -0.3 is 10.1 Å². The van der Waals surface area contributed by atoms with Gasteiger partial charge in [-0.25, -0.2) is 0 Å². The first-order valence-corrected chi connectivity index (χ1v) is 7.68. The van der Waals surface area contributed by atoms with Crippen LogP contribution in [0.15, 0.2) is 24.3 Å². The molecule has 110 valence electrons. The molecule has 1 aliphatic carbocycles. The first-order chi connectivity index (χ1) is 9.65. The van der Waals surface area contributed by atoms with Gasteiger partial charge in [-0.1, -0.05) is 19.3 Å². The topological polar surface area (TPSA) is 38.3 Å². The third-order valence-corrected chi connectivity index (χ3v) is 3.70.